The zero-order chi connectivity index (χ0) is 21.2. The van der Waals surface area contributed by atoms with Crippen LogP contribution < -0.4 is 20.7 Å². The van der Waals surface area contributed by atoms with Gasteiger partial charge in [-0.2, -0.15) is 0 Å². The van der Waals surface area contributed by atoms with Crippen molar-refractivity contribution < 1.29 is 13.7 Å². The van der Waals surface area contributed by atoms with Crippen molar-refractivity contribution in [3.63, 3.8) is 0 Å². The number of aromatic amines is 1. The fourth-order valence-electron chi connectivity index (χ4n) is 2.42. The molecule has 0 aliphatic carbocycles. The predicted octanol–water partition coefficient (Wildman–Crippen LogP) is 1.32. The minimum atomic E-state index is -1.24. The van der Waals surface area contributed by atoms with Gasteiger partial charge >= 0.3 is 5.69 Å². The summed E-state index contributed by atoms with van der Waals surface area (Å²) in [5.41, 5.74) is -0.0438. The number of terminal acetylenes is 1. The second-order valence-corrected chi connectivity index (χ2v) is 7.69. The van der Waals surface area contributed by atoms with Gasteiger partial charge in [-0.05, 0) is 38.0 Å². The van der Waals surface area contributed by atoms with E-state index in [0.717, 1.165) is 5.56 Å². The summed E-state index contributed by atoms with van der Waals surface area (Å²) in [5, 5.41) is 0. The monoisotopic (exact) mass is 419 g/mol. The van der Waals surface area contributed by atoms with Crippen LogP contribution in [0.4, 0.5) is 0 Å². The molecule has 0 saturated heterocycles. The fourth-order valence-corrected chi connectivity index (χ4v) is 3.45. The zero-order valence-electron chi connectivity index (χ0n) is 16.4. The maximum Gasteiger partial charge on any atom is 0.330 e. The van der Waals surface area contributed by atoms with Crippen LogP contribution in [0.1, 0.15) is 31.9 Å². The second-order valence-electron chi connectivity index (χ2n) is 6.36. The molecule has 8 nitrogen and oxygen atoms in total. The number of benzene rings is 1. The quantitative estimate of drug-likeness (QED) is 0.422. The predicted molar refractivity (Wildman–Crippen MR) is 112 cm³/mol. The average Bonchev–Trinajstić information content (AvgIpc) is 2.69. The molecule has 156 valence electrons. The van der Waals surface area contributed by atoms with Crippen LogP contribution >= 0.6 is 0 Å². The van der Waals surface area contributed by atoms with Crippen molar-refractivity contribution in [3.05, 3.63) is 62.9 Å². The Labute approximate surface area is 171 Å². The third kappa shape index (κ3) is 7.69. The molecule has 0 aliphatic rings. The van der Waals surface area contributed by atoms with Gasteiger partial charge in [0.15, 0.2) is 6.10 Å². The Balaban J connectivity index is 1.73. The number of rotatable bonds is 11. The number of H-pyrrole nitrogens is 1. The van der Waals surface area contributed by atoms with Gasteiger partial charge in [0.1, 0.15) is 12.5 Å². The highest BCUT2D eigenvalue weighted by Crippen LogP contribution is 2.20. The minimum Gasteiger partial charge on any atom is -0.478 e. The number of nitrogens with zero attached hydrogens (tertiary/aromatic N) is 1. The molecule has 0 amide bonds. The van der Waals surface area contributed by atoms with Crippen molar-refractivity contribution in [1.29, 1.82) is 0 Å². The molecule has 9 heteroatoms. The van der Waals surface area contributed by atoms with E-state index >= 15 is 0 Å². The number of aromatic nitrogens is 2. The lowest BCUT2D eigenvalue weighted by molar-refractivity contribution is 0.0746. The maximum atomic E-state index is 12.3. The van der Waals surface area contributed by atoms with Crippen LogP contribution in [-0.4, -0.2) is 32.2 Å². The highest BCUT2D eigenvalue weighted by molar-refractivity contribution is 7.83. The van der Waals surface area contributed by atoms with E-state index in [9.17, 15) is 13.8 Å². The van der Waals surface area contributed by atoms with Crippen molar-refractivity contribution in [3.8, 4) is 18.1 Å². The molecule has 0 bridgehead atoms. The van der Waals surface area contributed by atoms with Crippen molar-refractivity contribution in [2.75, 3.05) is 12.4 Å². The van der Waals surface area contributed by atoms with Crippen LogP contribution in [0, 0.1) is 12.3 Å². The molecule has 0 spiro atoms. The SMILES string of the molecule is C#C[C@@H](C)Oc1cccc([C@@H](C)NS(=O)CCCOCn2ccc(=O)[nH]c2=O)c1. The van der Waals surface area contributed by atoms with Crippen LogP contribution in [0.3, 0.4) is 0 Å². The standard InChI is InChI=1S/C20H25N3O5S/c1-4-15(2)28-18-8-5-7-17(13-18)16(3)22-29(26)12-6-11-27-14-23-10-9-19(24)21-20(23)25/h1,5,7-10,13,15-16,22H,6,11-12,14H2,2-3H3,(H,21,24,25)/t15-,16-,29?/m1/s1. The first-order valence-corrected chi connectivity index (χ1v) is 10.5. The molecular formula is C20H25N3O5S. The Hall–Kier alpha value is -2.67. The molecule has 2 rings (SSSR count). The van der Waals surface area contributed by atoms with E-state index in [2.05, 4.69) is 15.6 Å². The molecule has 1 aromatic carbocycles. The third-order valence-electron chi connectivity index (χ3n) is 3.96. The Kier molecular flexibility index (Phi) is 8.86. The van der Waals surface area contributed by atoms with Crippen LogP contribution in [0.25, 0.3) is 0 Å². The van der Waals surface area contributed by atoms with Gasteiger partial charge < -0.3 is 9.47 Å². The molecule has 1 heterocycles. The molecular weight excluding hydrogens is 394 g/mol. The second kappa shape index (κ2) is 11.4. The lowest BCUT2D eigenvalue weighted by Gasteiger charge is -2.16. The van der Waals surface area contributed by atoms with Gasteiger partial charge in [-0.15, -0.1) is 6.42 Å². The van der Waals surface area contributed by atoms with E-state index in [4.69, 9.17) is 15.9 Å². The fraction of sp³-hybridized carbons (Fsp3) is 0.400. The first-order chi connectivity index (χ1) is 13.9. The number of hydrogen-bond acceptors (Lipinski definition) is 5. The van der Waals surface area contributed by atoms with Gasteiger partial charge in [0.05, 0.1) is 11.0 Å². The van der Waals surface area contributed by atoms with Gasteiger partial charge in [0.25, 0.3) is 5.56 Å². The molecule has 2 aromatic rings. The topological polar surface area (TPSA) is 102 Å². The Morgan fingerprint density at radius 2 is 2.10 bits per heavy atom. The first kappa shape index (κ1) is 22.6. The summed E-state index contributed by atoms with van der Waals surface area (Å²) < 4.78 is 27.5. The van der Waals surface area contributed by atoms with Crippen molar-refractivity contribution in [2.45, 2.75) is 39.1 Å². The molecule has 1 aromatic heterocycles. The summed E-state index contributed by atoms with van der Waals surface area (Å²) in [4.78, 5) is 24.7. The molecule has 2 N–H and O–H groups in total. The van der Waals surface area contributed by atoms with Gasteiger partial charge in [0, 0.05) is 30.7 Å². The highest BCUT2D eigenvalue weighted by atomic mass is 32.2. The van der Waals surface area contributed by atoms with E-state index in [0.29, 0.717) is 24.5 Å². The largest absolute Gasteiger partial charge is 0.478 e. The van der Waals surface area contributed by atoms with Gasteiger partial charge in [-0.1, -0.05) is 18.1 Å². The molecule has 29 heavy (non-hydrogen) atoms. The number of hydrogen-bond donors (Lipinski definition) is 2. The van der Waals surface area contributed by atoms with Gasteiger partial charge in [-0.3, -0.25) is 14.3 Å². The van der Waals surface area contributed by atoms with Gasteiger partial charge in [-0.25, -0.2) is 13.7 Å². The Bertz CT molecular complexity index is 979. The summed E-state index contributed by atoms with van der Waals surface area (Å²) >= 11 is 0. The van der Waals surface area contributed by atoms with Crippen molar-refractivity contribution in [1.82, 2.24) is 14.3 Å². The summed E-state index contributed by atoms with van der Waals surface area (Å²) in [6.45, 7) is 4.06. The number of ether oxygens (including phenoxy) is 2. The Morgan fingerprint density at radius 1 is 1.31 bits per heavy atom. The lowest BCUT2D eigenvalue weighted by atomic mass is 10.1. The van der Waals surface area contributed by atoms with E-state index < -0.39 is 22.2 Å². The van der Waals surface area contributed by atoms with Crippen LogP contribution in [0.5, 0.6) is 5.75 Å². The van der Waals surface area contributed by atoms with Gasteiger partial charge in [0.2, 0.25) is 0 Å². The molecule has 1 unspecified atom stereocenters. The average molecular weight is 420 g/mol. The zero-order valence-corrected chi connectivity index (χ0v) is 17.2. The summed E-state index contributed by atoms with van der Waals surface area (Å²) in [7, 11) is -1.24. The van der Waals surface area contributed by atoms with E-state index in [1.54, 1.807) is 6.92 Å². The summed E-state index contributed by atoms with van der Waals surface area (Å²) in [5.74, 6) is 3.57. The molecule has 0 radical (unpaired) electrons. The van der Waals surface area contributed by atoms with Crippen LogP contribution in [0.15, 0.2) is 46.1 Å². The molecule has 0 aliphatic heterocycles. The maximum absolute atomic E-state index is 12.3. The third-order valence-corrected chi connectivity index (χ3v) is 5.24. The molecule has 3 atom stereocenters. The van der Waals surface area contributed by atoms with E-state index in [1.165, 1.54) is 16.8 Å². The van der Waals surface area contributed by atoms with Crippen LogP contribution in [-0.2, 0) is 22.5 Å². The highest BCUT2D eigenvalue weighted by Gasteiger charge is 2.10. The minimum absolute atomic E-state index is 0.0228. The van der Waals surface area contributed by atoms with E-state index in [-0.39, 0.29) is 18.9 Å². The number of nitrogens with one attached hydrogen (secondary N) is 2. The summed E-state index contributed by atoms with van der Waals surface area (Å²) in [6, 6.07) is 8.59. The van der Waals surface area contributed by atoms with E-state index in [1.807, 2.05) is 31.2 Å². The molecule has 0 fully saturated rings. The smallest absolute Gasteiger partial charge is 0.330 e. The van der Waals surface area contributed by atoms with Crippen molar-refractivity contribution >= 4 is 11.0 Å². The normalized spacial score (nSPS) is 14.0. The van der Waals surface area contributed by atoms with Crippen LogP contribution in [0.2, 0.25) is 0 Å². The lowest BCUT2D eigenvalue weighted by Crippen LogP contribution is -2.29. The Morgan fingerprint density at radius 3 is 2.83 bits per heavy atom. The summed E-state index contributed by atoms with van der Waals surface area (Å²) in [6.07, 6.45) is 6.92. The molecule has 0 saturated carbocycles. The first-order valence-electron chi connectivity index (χ1n) is 9.14. The van der Waals surface area contributed by atoms with Crippen molar-refractivity contribution in [2.24, 2.45) is 0 Å².